The lowest BCUT2D eigenvalue weighted by molar-refractivity contribution is 0.115. The number of benzene rings is 1. The largest absolute Gasteiger partial charge is 0.508 e. The summed E-state index contributed by atoms with van der Waals surface area (Å²) in [6.07, 6.45) is 2.65. The predicted octanol–water partition coefficient (Wildman–Crippen LogP) is 2.22. The van der Waals surface area contributed by atoms with E-state index in [1.54, 1.807) is 12.1 Å². The van der Waals surface area contributed by atoms with Crippen LogP contribution in [0.1, 0.15) is 25.3 Å². The van der Waals surface area contributed by atoms with Crippen molar-refractivity contribution in [1.82, 2.24) is 10.2 Å². The van der Waals surface area contributed by atoms with Crippen LogP contribution in [0.2, 0.25) is 0 Å². The van der Waals surface area contributed by atoms with E-state index in [-0.39, 0.29) is 5.75 Å². The number of aromatic hydroxyl groups is 1. The van der Waals surface area contributed by atoms with Gasteiger partial charge in [-0.2, -0.15) is 0 Å². The second-order valence-electron chi connectivity index (χ2n) is 5.78. The molecule has 0 unspecified atom stereocenters. The van der Waals surface area contributed by atoms with Crippen molar-refractivity contribution in [3.8, 4) is 5.75 Å². The summed E-state index contributed by atoms with van der Waals surface area (Å²) >= 11 is 0. The van der Waals surface area contributed by atoms with Crippen molar-refractivity contribution in [2.75, 3.05) is 33.4 Å². The van der Waals surface area contributed by atoms with E-state index in [2.05, 4.69) is 22.1 Å². The van der Waals surface area contributed by atoms with Crippen LogP contribution in [0, 0.1) is 5.92 Å². The van der Waals surface area contributed by atoms with Crippen LogP contribution < -0.4 is 5.32 Å². The summed E-state index contributed by atoms with van der Waals surface area (Å²) in [5.74, 6) is 1.97. The smallest absolute Gasteiger partial charge is 0.194 e. The third-order valence-corrected chi connectivity index (χ3v) is 3.67. The molecule has 1 aromatic carbocycles. The molecule has 122 valence electrons. The molecular weight excluding hydrogens is 278 g/mol. The number of phenolic OH excluding ortho intramolecular Hbond substituents is 1. The summed E-state index contributed by atoms with van der Waals surface area (Å²) in [6, 6.07) is 7.16. The number of nitrogens with zero attached hydrogens (tertiary/aromatic N) is 2. The maximum absolute atomic E-state index is 9.30. The van der Waals surface area contributed by atoms with Crippen LogP contribution in [0.3, 0.4) is 0 Å². The van der Waals surface area contributed by atoms with Crippen LogP contribution in [0.25, 0.3) is 0 Å². The lowest BCUT2D eigenvalue weighted by Crippen LogP contribution is -2.40. The van der Waals surface area contributed by atoms with Crippen LogP contribution in [-0.4, -0.2) is 49.3 Å². The van der Waals surface area contributed by atoms with Crippen molar-refractivity contribution in [3.05, 3.63) is 29.8 Å². The number of nitrogens with one attached hydrogen (secondary N) is 1. The van der Waals surface area contributed by atoms with Gasteiger partial charge in [0.05, 0.1) is 13.2 Å². The fourth-order valence-electron chi connectivity index (χ4n) is 2.08. The molecule has 1 fully saturated rings. The maximum Gasteiger partial charge on any atom is 0.194 e. The number of hydrogen-bond donors (Lipinski definition) is 2. The number of hydrogen-bond acceptors (Lipinski definition) is 3. The van der Waals surface area contributed by atoms with Crippen molar-refractivity contribution < 1.29 is 9.84 Å². The zero-order valence-electron chi connectivity index (χ0n) is 13.6. The molecule has 0 spiro atoms. The van der Waals surface area contributed by atoms with Gasteiger partial charge in [0, 0.05) is 26.7 Å². The fraction of sp³-hybridized carbons (Fsp3) is 0.588. The average molecular weight is 305 g/mol. The van der Waals surface area contributed by atoms with E-state index in [1.165, 1.54) is 12.8 Å². The van der Waals surface area contributed by atoms with Gasteiger partial charge in [-0.05, 0) is 43.4 Å². The number of guanidine groups is 1. The molecule has 0 heterocycles. The number of aliphatic imine (C=N–C) groups is 1. The molecule has 5 heteroatoms. The molecule has 0 amide bonds. The molecule has 1 aliphatic rings. The summed E-state index contributed by atoms with van der Waals surface area (Å²) in [5, 5.41) is 12.6. The first kappa shape index (κ1) is 16.6. The van der Waals surface area contributed by atoms with Crippen molar-refractivity contribution >= 4 is 5.96 Å². The van der Waals surface area contributed by atoms with Gasteiger partial charge in [0.15, 0.2) is 5.96 Å². The number of ether oxygens (including phenoxy) is 1. The number of rotatable bonds is 8. The molecule has 2 N–H and O–H groups in total. The molecule has 0 radical (unpaired) electrons. The van der Waals surface area contributed by atoms with Gasteiger partial charge in [-0.15, -0.1) is 0 Å². The van der Waals surface area contributed by atoms with Gasteiger partial charge >= 0.3 is 0 Å². The Balaban J connectivity index is 1.80. The minimum Gasteiger partial charge on any atom is -0.508 e. The fourth-order valence-corrected chi connectivity index (χ4v) is 2.08. The van der Waals surface area contributed by atoms with Crippen LogP contribution in [0.15, 0.2) is 29.3 Å². The summed E-state index contributed by atoms with van der Waals surface area (Å²) in [6.45, 7) is 5.95. The summed E-state index contributed by atoms with van der Waals surface area (Å²) in [5.41, 5.74) is 1.08. The maximum atomic E-state index is 9.30. The molecule has 5 nitrogen and oxygen atoms in total. The van der Waals surface area contributed by atoms with Gasteiger partial charge in [0.2, 0.25) is 0 Å². The predicted molar refractivity (Wildman–Crippen MR) is 89.1 cm³/mol. The lowest BCUT2D eigenvalue weighted by Gasteiger charge is -2.22. The Morgan fingerprint density at radius 1 is 1.36 bits per heavy atom. The molecule has 0 aromatic heterocycles. The minimum absolute atomic E-state index is 0.282. The molecule has 2 rings (SSSR count). The Morgan fingerprint density at radius 2 is 2.09 bits per heavy atom. The van der Waals surface area contributed by atoms with E-state index in [4.69, 9.17) is 4.74 Å². The second kappa shape index (κ2) is 8.63. The van der Waals surface area contributed by atoms with Crippen molar-refractivity contribution in [3.63, 3.8) is 0 Å². The average Bonchev–Trinajstić information content (AvgIpc) is 3.33. The number of phenols is 1. The van der Waals surface area contributed by atoms with E-state index in [0.717, 1.165) is 43.7 Å². The van der Waals surface area contributed by atoms with E-state index in [0.29, 0.717) is 6.54 Å². The summed E-state index contributed by atoms with van der Waals surface area (Å²) in [7, 11) is 2.03. The zero-order chi connectivity index (χ0) is 15.8. The summed E-state index contributed by atoms with van der Waals surface area (Å²) in [4.78, 5) is 6.73. The molecule has 0 aliphatic heterocycles. The molecule has 1 aromatic rings. The van der Waals surface area contributed by atoms with Crippen molar-refractivity contribution in [2.45, 2.75) is 26.3 Å². The van der Waals surface area contributed by atoms with Gasteiger partial charge < -0.3 is 20.1 Å². The molecule has 1 aliphatic carbocycles. The van der Waals surface area contributed by atoms with Crippen LogP contribution in [-0.2, 0) is 11.3 Å². The van der Waals surface area contributed by atoms with Gasteiger partial charge in [-0.3, -0.25) is 0 Å². The Hall–Kier alpha value is -1.75. The Kier molecular flexibility index (Phi) is 6.52. The van der Waals surface area contributed by atoms with E-state index < -0.39 is 0 Å². The molecule has 22 heavy (non-hydrogen) atoms. The standard InChI is InChI=1S/C17H27N3O2/c1-3-18-17(19-12-14-6-8-16(21)9-7-14)20(2)10-11-22-13-15-4-5-15/h6-9,15,21H,3-5,10-13H2,1-2H3,(H,18,19). The number of likely N-dealkylation sites (N-methyl/N-ethyl adjacent to an activating group) is 1. The van der Waals surface area contributed by atoms with Gasteiger partial charge in [0.25, 0.3) is 0 Å². The monoisotopic (exact) mass is 305 g/mol. The van der Waals surface area contributed by atoms with Crippen LogP contribution in [0.4, 0.5) is 0 Å². The van der Waals surface area contributed by atoms with Gasteiger partial charge in [-0.1, -0.05) is 12.1 Å². The third kappa shape index (κ3) is 5.93. The lowest BCUT2D eigenvalue weighted by atomic mass is 10.2. The normalized spacial score (nSPS) is 14.9. The third-order valence-electron chi connectivity index (χ3n) is 3.67. The van der Waals surface area contributed by atoms with Crippen LogP contribution >= 0.6 is 0 Å². The highest BCUT2D eigenvalue weighted by atomic mass is 16.5. The highest BCUT2D eigenvalue weighted by molar-refractivity contribution is 5.79. The summed E-state index contributed by atoms with van der Waals surface area (Å²) < 4.78 is 5.68. The Morgan fingerprint density at radius 3 is 2.73 bits per heavy atom. The van der Waals surface area contributed by atoms with Crippen molar-refractivity contribution in [2.24, 2.45) is 10.9 Å². The van der Waals surface area contributed by atoms with Crippen molar-refractivity contribution in [1.29, 1.82) is 0 Å². The van der Waals surface area contributed by atoms with E-state index in [9.17, 15) is 5.11 Å². The first-order valence-corrected chi connectivity index (χ1v) is 8.04. The second-order valence-corrected chi connectivity index (χ2v) is 5.78. The zero-order valence-corrected chi connectivity index (χ0v) is 13.6. The van der Waals surface area contributed by atoms with Gasteiger partial charge in [0.1, 0.15) is 5.75 Å². The van der Waals surface area contributed by atoms with E-state index >= 15 is 0 Å². The topological polar surface area (TPSA) is 57.1 Å². The highest BCUT2D eigenvalue weighted by Gasteiger charge is 2.21. The molecule has 0 saturated heterocycles. The Bertz CT molecular complexity index is 469. The minimum atomic E-state index is 0.282. The van der Waals surface area contributed by atoms with E-state index in [1.807, 2.05) is 19.2 Å². The molecule has 1 saturated carbocycles. The molecule has 0 bridgehead atoms. The quantitative estimate of drug-likeness (QED) is 0.439. The first-order valence-electron chi connectivity index (χ1n) is 8.04. The first-order chi connectivity index (χ1) is 10.7. The molecular formula is C17H27N3O2. The highest BCUT2D eigenvalue weighted by Crippen LogP contribution is 2.28. The molecule has 0 atom stereocenters. The SMILES string of the molecule is CCNC(=NCc1ccc(O)cc1)N(C)CCOCC1CC1. The van der Waals surface area contributed by atoms with Crippen LogP contribution in [0.5, 0.6) is 5.75 Å². The Labute approximate surface area is 133 Å². The van der Waals surface area contributed by atoms with Gasteiger partial charge in [-0.25, -0.2) is 4.99 Å².